The molecule has 2 amide bonds. The number of anilines is 2. The molecule has 2 N–H and O–H groups in total. The van der Waals surface area contributed by atoms with Gasteiger partial charge in [0.2, 0.25) is 0 Å². The summed E-state index contributed by atoms with van der Waals surface area (Å²) < 4.78 is 6.96. The minimum atomic E-state index is -0.578. The van der Waals surface area contributed by atoms with Crippen molar-refractivity contribution in [2.24, 2.45) is 0 Å². The van der Waals surface area contributed by atoms with Gasteiger partial charge in [0.25, 0.3) is 5.91 Å². The van der Waals surface area contributed by atoms with Gasteiger partial charge in [0, 0.05) is 17.3 Å². The van der Waals surface area contributed by atoms with Gasteiger partial charge in [0.1, 0.15) is 11.4 Å². The zero-order valence-electron chi connectivity index (χ0n) is 17.6. The second kappa shape index (κ2) is 8.82. The van der Waals surface area contributed by atoms with E-state index in [1.807, 2.05) is 25.1 Å². The maximum atomic E-state index is 12.6. The van der Waals surface area contributed by atoms with Crippen LogP contribution in [0.2, 0.25) is 0 Å². The van der Waals surface area contributed by atoms with Crippen LogP contribution in [0.1, 0.15) is 42.3 Å². The van der Waals surface area contributed by atoms with Crippen LogP contribution in [0.5, 0.6) is 0 Å². The summed E-state index contributed by atoms with van der Waals surface area (Å²) in [5, 5.41) is 9.83. The number of nitrogens with one attached hydrogen (secondary N) is 2. The van der Waals surface area contributed by atoms with Gasteiger partial charge in [0.15, 0.2) is 0 Å². The van der Waals surface area contributed by atoms with E-state index in [-0.39, 0.29) is 5.91 Å². The third-order valence-electron chi connectivity index (χ3n) is 4.17. The largest absolute Gasteiger partial charge is 0.444 e. The molecule has 2 aromatic carbocycles. The fourth-order valence-electron chi connectivity index (χ4n) is 2.86. The lowest BCUT2D eigenvalue weighted by atomic mass is 10.1. The first-order chi connectivity index (χ1) is 14.2. The highest BCUT2D eigenvalue weighted by atomic mass is 16.6. The Hall–Kier alpha value is -3.61. The number of benzene rings is 2. The first-order valence-corrected chi connectivity index (χ1v) is 9.68. The van der Waals surface area contributed by atoms with Crippen LogP contribution < -0.4 is 10.6 Å². The van der Waals surface area contributed by atoms with Gasteiger partial charge >= 0.3 is 6.09 Å². The molecule has 0 aliphatic carbocycles. The molecule has 0 saturated carbocycles. The van der Waals surface area contributed by atoms with E-state index < -0.39 is 11.7 Å². The van der Waals surface area contributed by atoms with E-state index in [2.05, 4.69) is 21.8 Å². The summed E-state index contributed by atoms with van der Waals surface area (Å²) >= 11 is 0. The standard InChI is InChI=1S/C23H26N4O3/c1-16-6-5-7-17(14-16)15-27-20(12-13-24-27)26-21(28)18-8-10-19(11-9-18)25-22(29)30-23(2,3)4/h5-14H,15H2,1-4H3,(H,25,29)(H,26,28). The van der Waals surface area contributed by atoms with E-state index >= 15 is 0 Å². The van der Waals surface area contributed by atoms with Crippen LogP contribution in [-0.4, -0.2) is 27.4 Å². The number of rotatable bonds is 5. The molecule has 0 spiro atoms. The minimum absolute atomic E-state index is 0.259. The Morgan fingerprint density at radius 3 is 2.43 bits per heavy atom. The molecule has 0 unspecified atom stereocenters. The Balaban J connectivity index is 1.63. The number of amides is 2. The van der Waals surface area contributed by atoms with Crippen molar-refractivity contribution in [3.8, 4) is 0 Å². The van der Waals surface area contributed by atoms with Crippen LogP contribution in [0.15, 0.2) is 60.8 Å². The molecule has 30 heavy (non-hydrogen) atoms. The van der Waals surface area contributed by atoms with Crippen LogP contribution in [0.4, 0.5) is 16.3 Å². The number of nitrogens with zero attached hydrogens (tertiary/aromatic N) is 2. The molecule has 0 saturated heterocycles. The quantitative estimate of drug-likeness (QED) is 0.635. The number of aromatic nitrogens is 2. The Morgan fingerprint density at radius 2 is 1.77 bits per heavy atom. The average molecular weight is 406 g/mol. The van der Waals surface area contributed by atoms with E-state index in [1.54, 1.807) is 62.0 Å². The number of aryl methyl sites for hydroxylation is 1. The van der Waals surface area contributed by atoms with Crippen molar-refractivity contribution >= 4 is 23.5 Å². The van der Waals surface area contributed by atoms with Gasteiger partial charge < -0.3 is 10.1 Å². The lowest BCUT2D eigenvalue weighted by Gasteiger charge is -2.19. The van der Waals surface area contributed by atoms with Crippen LogP contribution in [0, 0.1) is 6.92 Å². The molecular formula is C23H26N4O3. The predicted octanol–water partition coefficient (Wildman–Crippen LogP) is 4.84. The number of hydrogen-bond acceptors (Lipinski definition) is 4. The predicted molar refractivity (Wildman–Crippen MR) is 117 cm³/mol. The van der Waals surface area contributed by atoms with E-state index in [0.717, 1.165) is 5.56 Å². The lowest BCUT2D eigenvalue weighted by molar-refractivity contribution is 0.0636. The molecule has 1 aromatic heterocycles. The van der Waals surface area contributed by atoms with Gasteiger partial charge in [0.05, 0.1) is 12.7 Å². The first kappa shape index (κ1) is 21.1. The molecule has 0 atom stereocenters. The lowest BCUT2D eigenvalue weighted by Crippen LogP contribution is -2.27. The summed E-state index contributed by atoms with van der Waals surface area (Å²) in [4.78, 5) is 24.5. The number of carbonyl (C=O) groups excluding carboxylic acids is 2. The van der Waals surface area contributed by atoms with Gasteiger partial charge in [-0.3, -0.25) is 10.1 Å². The molecule has 0 bridgehead atoms. The fraction of sp³-hybridized carbons (Fsp3) is 0.261. The molecule has 0 aliphatic rings. The topological polar surface area (TPSA) is 85.3 Å². The third kappa shape index (κ3) is 5.94. The van der Waals surface area contributed by atoms with Crippen molar-refractivity contribution < 1.29 is 14.3 Å². The molecule has 7 nitrogen and oxygen atoms in total. The molecule has 0 aliphatic heterocycles. The Bertz CT molecular complexity index is 1030. The van der Waals surface area contributed by atoms with Crippen molar-refractivity contribution in [1.29, 1.82) is 0 Å². The van der Waals surface area contributed by atoms with Crippen molar-refractivity contribution in [3.63, 3.8) is 0 Å². The molecule has 3 rings (SSSR count). The van der Waals surface area contributed by atoms with E-state index in [9.17, 15) is 9.59 Å². The third-order valence-corrected chi connectivity index (χ3v) is 4.17. The molecular weight excluding hydrogens is 380 g/mol. The maximum absolute atomic E-state index is 12.6. The highest BCUT2D eigenvalue weighted by molar-refractivity contribution is 6.04. The summed E-state index contributed by atoms with van der Waals surface area (Å²) in [7, 11) is 0. The molecule has 1 heterocycles. The van der Waals surface area contributed by atoms with Gasteiger partial charge in [-0.15, -0.1) is 0 Å². The van der Waals surface area contributed by atoms with Gasteiger partial charge in [-0.05, 0) is 57.5 Å². The summed E-state index contributed by atoms with van der Waals surface area (Å²) in [5.41, 5.74) is 2.71. The van der Waals surface area contributed by atoms with Crippen LogP contribution in [0.25, 0.3) is 0 Å². The summed E-state index contributed by atoms with van der Waals surface area (Å²) in [5.74, 6) is 0.349. The molecule has 0 fully saturated rings. The summed E-state index contributed by atoms with van der Waals surface area (Å²) in [6, 6.07) is 16.5. The Morgan fingerprint density at radius 1 is 1.03 bits per heavy atom. The number of ether oxygens (including phenoxy) is 1. The van der Waals surface area contributed by atoms with Crippen LogP contribution in [0.3, 0.4) is 0 Å². The monoisotopic (exact) mass is 406 g/mol. The van der Waals surface area contributed by atoms with Crippen molar-refractivity contribution in [1.82, 2.24) is 9.78 Å². The highest BCUT2D eigenvalue weighted by Crippen LogP contribution is 2.16. The number of hydrogen-bond donors (Lipinski definition) is 2. The van der Waals surface area contributed by atoms with Crippen molar-refractivity contribution in [3.05, 3.63) is 77.5 Å². The van der Waals surface area contributed by atoms with Crippen LogP contribution >= 0.6 is 0 Å². The van der Waals surface area contributed by atoms with E-state index in [1.165, 1.54) is 5.56 Å². The highest BCUT2D eigenvalue weighted by Gasteiger charge is 2.16. The van der Waals surface area contributed by atoms with Crippen molar-refractivity contribution in [2.75, 3.05) is 10.6 Å². The molecule has 3 aromatic rings. The summed E-state index contributed by atoms with van der Waals surface area (Å²) in [6.07, 6.45) is 1.11. The Labute approximate surface area is 176 Å². The van der Waals surface area contributed by atoms with Gasteiger partial charge in [-0.25, -0.2) is 9.48 Å². The SMILES string of the molecule is Cc1cccc(Cn2nccc2NC(=O)c2ccc(NC(=O)OC(C)(C)C)cc2)c1. The molecule has 7 heteroatoms. The van der Waals surface area contributed by atoms with Crippen molar-refractivity contribution in [2.45, 2.75) is 39.8 Å². The second-order valence-electron chi connectivity index (χ2n) is 8.02. The minimum Gasteiger partial charge on any atom is -0.444 e. The maximum Gasteiger partial charge on any atom is 0.412 e. The van der Waals surface area contributed by atoms with Crippen LogP contribution in [-0.2, 0) is 11.3 Å². The smallest absolute Gasteiger partial charge is 0.412 e. The van der Waals surface area contributed by atoms with Gasteiger partial charge in [-0.1, -0.05) is 29.8 Å². The number of carbonyl (C=O) groups is 2. The second-order valence-corrected chi connectivity index (χ2v) is 8.02. The summed E-state index contributed by atoms with van der Waals surface area (Å²) in [6.45, 7) is 7.98. The Kier molecular flexibility index (Phi) is 6.20. The molecule has 0 radical (unpaired) electrons. The zero-order chi connectivity index (χ0) is 21.7. The normalized spacial score (nSPS) is 11.1. The molecule has 156 valence electrons. The average Bonchev–Trinajstić information content (AvgIpc) is 3.07. The first-order valence-electron chi connectivity index (χ1n) is 9.68. The van der Waals surface area contributed by atoms with E-state index in [4.69, 9.17) is 4.74 Å². The van der Waals surface area contributed by atoms with E-state index in [0.29, 0.717) is 23.6 Å². The zero-order valence-corrected chi connectivity index (χ0v) is 17.6. The fourth-order valence-corrected chi connectivity index (χ4v) is 2.86. The van der Waals surface area contributed by atoms with Gasteiger partial charge in [-0.2, -0.15) is 5.10 Å².